The summed E-state index contributed by atoms with van der Waals surface area (Å²) < 4.78 is 0. The van der Waals surface area contributed by atoms with Crippen molar-refractivity contribution in [2.45, 2.75) is 24.9 Å². The summed E-state index contributed by atoms with van der Waals surface area (Å²) >= 11 is 0. The van der Waals surface area contributed by atoms with E-state index >= 15 is 0 Å². The van der Waals surface area contributed by atoms with Gasteiger partial charge in [0, 0.05) is 9.52 Å². The van der Waals surface area contributed by atoms with Crippen LogP contribution in [0.2, 0.25) is 0 Å². The molecule has 0 amide bonds. The van der Waals surface area contributed by atoms with Crippen molar-refractivity contribution in [2.75, 3.05) is 0 Å². The zero-order valence-electron chi connectivity index (χ0n) is 12.6. The van der Waals surface area contributed by atoms with Crippen LogP contribution in [-0.4, -0.2) is 28.4 Å². The van der Waals surface area contributed by atoms with Gasteiger partial charge in [-0.05, 0) is 47.2 Å². The van der Waals surface area contributed by atoms with Gasteiger partial charge in [0.1, 0.15) is 0 Å². The van der Waals surface area contributed by atoms with Crippen molar-refractivity contribution < 1.29 is 0 Å². The van der Waals surface area contributed by atoms with Crippen LogP contribution in [-0.2, 0) is 0 Å². The zero-order valence-corrected chi connectivity index (χ0v) is 14.0. The van der Waals surface area contributed by atoms with E-state index in [1.54, 1.807) is 11.1 Å². The number of aryl methyl sites for hydroxylation is 2. The van der Waals surface area contributed by atoms with Crippen molar-refractivity contribution in [3.63, 3.8) is 0 Å². The Morgan fingerprint density at radius 1 is 0.727 bits per heavy atom. The molecule has 4 rings (SSSR count). The van der Waals surface area contributed by atoms with E-state index in [1.807, 2.05) is 0 Å². The van der Waals surface area contributed by atoms with E-state index in [0.29, 0.717) is 11.1 Å². The van der Waals surface area contributed by atoms with Crippen molar-refractivity contribution in [3.8, 4) is 0 Å². The predicted octanol–water partition coefficient (Wildman–Crippen LogP) is 3.66. The molecular weight excluding hydrogens is 275 g/mol. The summed E-state index contributed by atoms with van der Waals surface area (Å²) in [6.07, 6.45) is 9.54. The molecule has 2 aliphatic rings. The van der Waals surface area contributed by atoms with Crippen LogP contribution in [0, 0.1) is 13.8 Å². The van der Waals surface area contributed by atoms with E-state index in [2.05, 4.69) is 74.5 Å². The molecule has 106 valence electrons. The Morgan fingerprint density at radius 3 is 1.64 bits per heavy atom. The number of hydrogen-bond donors (Lipinski definition) is 0. The molecule has 0 radical (unpaired) electrons. The number of benzene rings is 2. The van der Waals surface area contributed by atoms with Crippen molar-refractivity contribution in [1.82, 2.24) is 0 Å². The van der Waals surface area contributed by atoms with Crippen LogP contribution in [0.1, 0.15) is 44.5 Å². The number of allylic oxidation sites excluding steroid dienone is 2. The molecule has 2 aromatic carbocycles. The monoisotopic (exact) mass is 296 g/mol. The third-order valence-corrected chi connectivity index (χ3v) is 7.25. The second-order valence-electron chi connectivity index (χ2n) is 6.43. The Morgan fingerprint density at radius 2 is 1.18 bits per heavy atom. The standard InChI is InChI=1S/C20H20Si.Li.H/c1-13-3-7-17-15(11-13)5-9-19(17)21-20-10-6-16-12-14(2)4-8-18(16)20;;/h3-12,19-20H,21H2,1-2H3;;. The first kappa shape index (κ1) is 15.6. The molecule has 2 aromatic rings. The van der Waals surface area contributed by atoms with Crippen LogP contribution in [0.15, 0.2) is 48.6 Å². The van der Waals surface area contributed by atoms with Crippen LogP contribution < -0.4 is 0 Å². The van der Waals surface area contributed by atoms with Crippen molar-refractivity contribution in [3.05, 3.63) is 81.9 Å². The summed E-state index contributed by atoms with van der Waals surface area (Å²) in [6, 6.07) is 13.8. The molecule has 0 heterocycles. The van der Waals surface area contributed by atoms with E-state index in [1.165, 1.54) is 22.3 Å². The second kappa shape index (κ2) is 6.09. The van der Waals surface area contributed by atoms with Crippen molar-refractivity contribution in [2.24, 2.45) is 0 Å². The molecule has 0 nitrogen and oxygen atoms in total. The van der Waals surface area contributed by atoms with Crippen LogP contribution in [0.4, 0.5) is 0 Å². The van der Waals surface area contributed by atoms with Gasteiger partial charge in [-0.15, -0.1) is 0 Å². The van der Waals surface area contributed by atoms with Gasteiger partial charge < -0.3 is 0 Å². The third kappa shape index (κ3) is 2.70. The molecule has 0 aromatic heterocycles. The fourth-order valence-corrected chi connectivity index (χ4v) is 6.07. The molecule has 2 unspecified atom stereocenters. The number of rotatable bonds is 2. The Bertz CT molecular complexity index is 708. The van der Waals surface area contributed by atoms with Crippen LogP contribution in [0.5, 0.6) is 0 Å². The topological polar surface area (TPSA) is 0 Å². The molecule has 2 heteroatoms. The molecule has 0 fully saturated rings. The average molecular weight is 296 g/mol. The quantitative estimate of drug-likeness (QED) is 0.742. The number of hydrogen-bond acceptors (Lipinski definition) is 0. The molecule has 22 heavy (non-hydrogen) atoms. The summed E-state index contributed by atoms with van der Waals surface area (Å²) in [5.74, 6) is 0. The van der Waals surface area contributed by atoms with Gasteiger partial charge in [0.2, 0.25) is 0 Å². The Balaban J connectivity index is 0.00000144. The summed E-state index contributed by atoms with van der Waals surface area (Å²) in [5, 5.41) is 0. The summed E-state index contributed by atoms with van der Waals surface area (Å²) in [6.45, 7) is 4.36. The molecule has 2 aliphatic carbocycles. The first-order valence-electron chi connectivity index (χ1n) is 7.78. The Kier molecular flexibility index (Phi) is 4.32. The van der Waals surface area contributed by atoms with Crippen molar-refractivity contribution >= 4 is 40.5 Å². The fraction of sp³-hybridized carbons (Fsp3) is 0.200. The van der Waals surface area contributed by atoms with Gasteiger partial charge in [-0.3, -0.25) is 0 Å². The SMILES string of the molecule is Cc1ccc2c(c1)C=CC2[SiH2]C1C=Cc2cc(C)ccc21.[LiH]. The van der Waals surface area contributed by atoms with E-state index in [0.717, 1.165) is 0 Å². The summed E-state index contributed by atoms with van der Waals surface area (Å²) in [7, 11) is -0.251. The maximum atomic E-state index is 2.44. The molecule has 0 saturated heterocycles. The molecule has 0 bridgehead atoms. The fourth-order valence-electron chi connectivity index (χ4n) is 3.68. The van der Waals surface area contributed by atoms with E-state index in [4.69, 9.17) is 0 Å². The molecule has 2 atom stereocenters. The third-order valence-electron chi connectivity index (χ3n) is 4.81. The van der Waals surface area contributed by atoms with Gasteiger partial charge in [0.15, 0.2) is 0 Å². The van der Waals surface area contributed by atoms with Crippen LogP contribution in [0.25, 0.3) is 12.2 Å². The summed E-state index contributed by atoms with van der Waals surface area (Å²) in [4.78, 5) is 0. The molecule has 0 saturated carbocycles. The Hall–Kier alpha value is -1.27. The Labute approximate surface area is 147 Å². The summed E-state index contributed by atoms with van der Waals surface area (Å²) in [5.41, 5.74) is 10.1. The second-order valence-corrected chi connectivity index (χ2v) is 8.66. The molecule has 0 N–H and O–H groups in total. The predicted molar refractivity (Wildman–Crippen MR) is 102 cm³/mol. The first-order valence-corrected chi connectivity index (χ1v) is 9.41. The van der Waals surface area contributed by atoms with Gasteiger partial charge in [-0.25, -0.2) is 0 Å². The van der Waals surface area contributed by atoms with Crippen LogP contribution in [0.3, 0.4) is 0 Å². The minimum atomic E-state index is -0.251. The normalized spacial score (nSPS) is 21.2. The van der Waals surface area contributed by atoms with Gasteiger partial charge >= 0.3 is 18.9 Å². The first-order chi connectivity index (χ1) is 10.2. The number of fused-ring (bicyclic) bond motifs is 2. The van der Waals surface area contributed by atoms with E-state index < -0.39 is 0 Å². The van der Waals surface area contributed by atoms with Gasteiger partial charge in [0.05, 0.1) is 0 Å². The van der Waals surface area contributed by atoms with Gasteiger partial charge in [0.25, 0.3) is 0 Å². The maximum absolute atomic E-state index is 2.44. The van der Waals surface area contributed by atoms with Gasteiger partial charge in [-0.1, -0.05) is 71.8 Å². The molecule has 0 spiro atoms. The van der Waals surface area contributed by atoms with E-state index in [-0.39, 0.29) is 28.4 Å². The molecular formula is C20H21LiSi. The average Bonchev–Trinajstić information content (AvgIpc) is 3.03. The molecule has 0 aliphatic heterocycles. The van der Waals surface area contributed by atoms with Gasteiger partial charge in [-0.2, -0.15) is 0 Å². The van der Waals surface area contributed by atoms with E-state index in [9.17, 15) is 0 Å². The van der Waals surface area contributed by atoms with Crippen molar-refractivity contribution in [1.29, 1.82) is 0 Å². The zero-order chi connectivity index (χ0) is 14.4. The minimum absolute atomic E-state index is 0. The van der Waals surface area contributed by atoms with Crippen LogP contribution >= 0.6 is 0 Å².